The Hall–Kier alpha value is -3.08. The molecule has 1 aromatic heterocycles. The van der Waals surface area contributed by atoms with Crippen LogP contribution >= 0.6 is 35.0 Å². The molecule has 0 fully saturated rings. The topological polar surface area (TPSA) is 94.4 Å². The lowest BCUT2D eigenvalue weighted by Gasteiger charge is -2.13. The van der Waals surface area contributed by atoms with Gasteiger partial charge in [-0.1, -0.05) is 23.2 Å². The molecule has 2 N–H and O–H groups in total. The van der Waals surface area contributed by atoms with Crippen LogP contribution in [0.4, 0.5) is 32.2 Å². The number of phenols is 2. The van der Waals surface area contributed by atoms with Crippen LogP contribution in [0.1, 0.15) is 16.8 Å². The summed E-state index contributed by atoms with van der Waals surface area (Å²) in [6, 6.07) is 5.74. The molecule has 3 rings (SSSR count). The van der Waals surface area contributed by atoms with Gasteiger partial charge in [-0.15, -0.1) is 0 Å². The van der Waals surface area contributed by atoms with E-state index in [4.69, 9.17) is 23.2 Å². The molecule has 0 radical (unpaired) electrons. The zero-order valence-corrected chi connectivity index (χ0v) is 18.4. The standard InChI is InChI=1S/C19H8Cl2F6N4O2S/c20-11-3-9(18(22,23)24)4-12(21)15(11)31-17(16(13(6-28)30-31)34-19(25,26)27)29-7-8-1-2-10(32)5-14(8)33/h1-5,7,32-33H. The number of alkyl halides is 6. The van der Waals surface area contributed by atoms with E-state index in [2.05, 4.69) is 10.1 Å². The van der Waals surface area contributed by atoms with Crippen molar-refractivity contribution >= 4 is 47.0 Å². The molecule has 0 saturated heterocycles. The molecule has 34 heavy (non-hydrogen) atoms. The van der Waals surface area contributed by atoms with Gasteiger partial charge < -0.3 is 10.2 Å². The molecule has 0 amide bonds. The smallest absolute Gasteiger partial charge is 0.446 e. The lowest BCUT2D eigenvalue weighted by molar-refractivity contribution is -0.137. The van der Waals surface area contributed by atoms with Crippen LogP contribution in [0.2, 0.25) is 10.0 Å². The highest BCUT2D eigenvalue weighted by molar-refractivity contribution is 8.00. The molecule has 6 nitrogen and oxygen atoms in total. The zero-order chi connectivity index (χ0) is 25.4. The highest BCUT2D eigenvalue weighted by Crippen LogP contribution is 2.46. The number of halogens is 8. The first-order chi connectivity index (χ1) is 15.7. The average Bonchev–Trinajstić information content (AvgIpc) is 3.01. The molecular weight excluding hydrogens is 533 g/mol. The largest absolute Gasteiger partial charge is 0.508 e. The second kappa shape index (κ2) is 9.28. The number of aromatic nitrogens is 2. The van der Waals surface area contributed by atoms with E-state index < -0.39 is 66.9 Å². The van der Waals surface area contributed by atoms with Gasteiger partial charge in [-0.3, -0.25) is 0 Å². The third-order valence-corrected chi connectivity index (χ3v) is 5.43. The monoisotopic (exact) mass is 540 g/mol. The fourth-order valence-electron chi connectivity index (χ4n) is 2.65. The van der Waals surface area contributed by atoms with Crippen molar-refractivity contribution in [2.75, 3.05) is 0 Å². The summed E-state index contributed by atoms with van der Waals surface area (Å²) in [5, 5.41) is 31.0. The Kier molecular flexibility index (Phi) is 6.97. The number of thioether (sulfide) groups is 1. The van der Waals surface area contributed by atoms with Gasteiger partial charge in [-0.2, -0.15) is 36.7 Å². The molecule has 0 atom stereocenters. The van der Waals surface area contributed by atoms with Crippen molar-refractivity contribution < 1.29 is 36.6 Å². The predicted octanol–water partition coefficient (Wildman–Crippen LogP) is 6.84. The van der Waals surface area contributed by atoms with Crippen molar-refractivity contribution in [1.29, 1.82) is 5.26 Å². The maximum absolute atomic E-state index is 13.2. The minimum Gasteiger partial charge on any atom is -0.508 e. The highest BCUT2D eigenvalue weighted by Gasteiger charge is 2.36. The summed E-state index contributed by atoms with van der Waals surface area (Å²) in [4.78, 5) is 3.09. The van der Waals surface area contributed by atoms with E-state index in [-0.39, 0.29) is 11.3 Å². The zero-order valence-electron chi connectivity index (χ0n) is 16.1. The van der Waals surface area contributed by atoms with Gasteiger partial charge in [0, 0.05) is 17.8 Å². The first-order valence-corrected chi connectivity index (χ1v) is 10.2. The molecule has 0 bridgehead atoms. The normalized spacial score (nSPS) is 12.3. The second-order valence-corrected chi connectivity index (χ2v) is 8.25. The summed E-state index contributed by atoms with van der Waals surface area (Å²) < 4.78 is 79.4. The van der Waals surface area contributed by atoms with Gasteiger partial charge in [0.25, 0.3) is 0 Å². The van der Waals surface area contributed by atoms with E-state index >= 15 is 0 Å². The van der Waals surface area contributed by atoms with Crippen molar-refractivity contribution in [1.82, 2.24) is 9.78 Å². The lowest BCUT2D eigenvalue weighted by atomic mass is 10.2. The molecule has 0 aliphatic carbocycles. The van der Waals surface area contributed by atoms with E-state index in [9.17, 15) is 41.8 Å². The minimum atomic E-state index is -4.89. The minimum absolute atomic E-state index is 0.0448. The number of hydrogen-bond donors (Lipinski definition) is 2. The Balaban J connectivity index is 2.28. The van der Waals surface area contributed by atoms with Crippen molar-refractivity contribution in [2.45, 2.75) is 16.6 Å². The number of aliphatic imine (C=N–C) groups is 1. The Morgan fingerprint density at radius 3 is 2.18 bits per heavy atom. The van der Waals surface area contributed by atoms with Gasteiger partial charge in [0.2, 0.25) is 0 Å². The molecular formula is C19H8Cl2F6N4O2S. The number of phenolic OH excluding ortho intramolecular Hbond substituents is 2. The van der Waals surface area contributed by atoms with E-state index in [0.29, 0.717) is 16.8 Å². The Morgan fingerprint density at radius 2 is 1.68 bits per heavy atom. The second-order valence-electron chi connectivity index (χ2n) is 6.36. The average molecular weight is 541 g/mol. The molecule has 3 aromatic rings. The SMILES string of the molecule is N#Cc1nn(-c2c(Cl)cc(C(F)(F)F)cc2Cl)c(N=Cc2ccc(O)cc2O)c1SC(F)(F)F. The number of nitriles is 1. The third kappa shape index (κ3) is 5.52. The number of rotatable bonds is 4. The van der Waals surface area contributed by atoms with Crippen molar-refractivity contribution in [2.24, 2.45) is 4.99 Å². The molecule has 0 aliphatic rings. The first-order valence-electron chi connectivity index (χ1n) is 8.62. The predicted molar refractivity (Wildman–Crippen MR) is 112 cm³/mol. The Morgan fingerprint density at radius 1 is 1.06 bits per heavy atom. The van der Waals surface area contributed by atoms with Gasteiger partial charge in [0.1, 0.15) is 23.3 Å². The van der Waals surface area contributed by atoms with Gasteiger partial charge in [-0.25, -0.2) is 9.67 Å². The molecule has 1 heterocycles. The van der Waals surface area contributed by atoms with Crippen LogP contribution in [0, 0.1) is 11.3 Å². The summed E-state index contributed by atoms with van der Waals surface area (Å²) in [5.74, 6) is -1.43. The summed E-state index contributed by atoms with van der Waals surface area (Å²) >= 11 is 11.2. The van der Waals surface area contributed by atoms with Crippen molar-refractivity contribution in [3.05, 3.63) is 57.2 Å². The maximum Gasteiger partial charge on any atom is 0.446 e. The molecule has 0 spiro atoms. The molecule has 2 aromatic carbocycles. The fourth-order valence-corrected chi connectivity index (χ4v) is 3.94. The van der Waals surface area contributed by atoms with Crippen LogP contribution in [0.5, 0.6) is 11.5 Å². The van der Waals surface area contributed by atoms with E-state index in [1.54, 1.807) is 0 Å². The van der Waals surface area contributed by atoms with E-state index in [0.717, 1.165) is 18.3 Å². The molecule has 0 saturated carbocycles. The highest BCUT2D eigenvalue weighted by atomic mass is 35.5. The van der Waals surface area contributed by atoms with Gasteiger partial charge in [0.05, 0.1) is 20.5 Å². The van der Waals surface area contributed by atoms with Crippen molar-refractivity contribution in [3.63, 3.8) is 0 Å². The molecule has 178 valence electrons. The molecule has 0 aliphatic heterocycles. The Bertz CT molecular complexity index is 1310. The summed E-state index contributed by atoms with van der Waals surface area (Å²) in [6.45, 7) is 0. The maximum atomic E-state index is 13.2. The van der Waals surface area contributed by atoms with Crippen molar-refractivity contribution in [3.8, 4) is 23.3 Å². The fraction of sp³-hybridized carbons (Fsp3) is 0.105. The first kappa shape index (κ1) is 25.5. The number of hydrogen-bond acceptors (Lipinski definition) is 6. The number of benzene rings is 2. The Labute approximate surface area is 200 Å². The van der Waals surface area contributed by atoms with E-state index in [1.165, 1.54) is 12.1 Å². The van der Waals surface area contributed by atoms with Crippen LogP contribution in [0.15, 0.2) is 40.2 Å². The van der Waals surface area contributed by atoms with Crippen LogP contribution < -0.4 is 0 Å². The third-order valence-electron chi connectivity index (χ3n) is 4.04. The van der Waals surface area contributed by atoms with Crippen LogP contribution in [0.25, 0.3) is 5.69 Å². The summed E-state index contributed by atoms with van der Waals surface area (Å²) in [7, 11) is 0. The number of nitrogens with zero attached hydrogens (tertiary/aromatic N) is 4. The van der Waals surface area contributed by atoms with Gasteiger partial charge in [0.15, 0.2) is 11.5 Å². The summed E-state index contributed by atoms with van der Waals surface area (Å²) in [6.07, 6.45) is -3.92. The van der Waals surface area contributed by atoms with Crippen LogP contribution in [0.3, 0.4) is 0 Å². The van der Waals surface area contributed by atoms with Crippen LogP contribution in [-0.4, -0.2) is 31.7 Å². The lowest BCUT2D eigenvalue weighted by Crippen LogP contribution is -2.07. The molecule has 0 unspecified atom stereocenters. The van der Waals surface area contributed by atoms with E-state index in [1.807, 2.05) is 0 Å². The summed E-state index contributed by atoms with van der Waals surface area (Å²) in [5.41, 5.74) is -7.36. The number of aromatic hydroxyl groups is 2. The van der Waals surface area contributed by atoms with Crippen LogP contribution in [-0.2, 0) is 6.18 Å². The quantitative estimate of drug-likeness (QED) is 0.214. The van der Waals surface area contributed by atoms with Gasteiger partial charge in [-0.05, 0) is 36.0 Å². The van der Waals surface area contributed by atoms with Gasteiger partial charge >= 0.3 is 11.7 Å². The molecule has 15 heteroatoms.